The quantitative estimate of drug-likeness (QED) is 0.214. The monoisotopic (exact) mass is 535 g/mol. The summed E-state index contributed by atoms with van der Waals surface area (Å²) in [6.07, 6.45) is 4.07. The van der Waals surface area contributed by atoms with Gasteiger partial charge in [0, 0.05) is 57.7 Å². The van der Waals surface area contributed by atoms with Crippen molar-refractivity contribution in [3.8, 4) is 5.75 Å². The maximum absolute atomic E-state index is 12.9. The minimum Gasteiger partial charge on any atom is -0.496 e. The number of anilines is 4. The van der Waals surface area contributed by atoms with E-state index in [4.69, 9.17) is 4.74 Å². The zero-order valence-electron chi connectivity index (χ0n) is 23.4. The molecule has 0 saturated carbocycles. The first-order valence-electron chi connectivity index (χ1n) is 13.1. The second kappa shape index (κ2) is 11.4. The maximum Gasteiger partial charge on any atom is 0.255 e. The van der Waals surface area contributed by atoms with Crippen molar-refractivity contribution in [2.75, 3.05) is 43.4 Å². The fourth-order valence-electron chi connectivity index (χ4n) is 4.61. The first-order chi connectivity index (χ1) is 19.3. The Morgan fingerprint density at radius 1 is 0.900 bits per heavy atom. The van der Waals surface area contributed by atoms with E-state index in [0.29, 0.717) is 5.56 Å². The van der Waals surface area contributed by atoms with E-state index >= 15 is 0 Å². The van der Waals surface area contributed by atoms with Crippen LogP contribution in [-0.2, 0) is 0 Å². The van der Waals surface area contributed by atoms with Gasteiger partial charge in [0.2, 0.25) is 0 Å². The molecule has 2 N–H and O–H groups in total. The third kappa shape index (κ3) is 5.68. The molecule has 7 heteroatoms. The van der Waals surface area contributed by atoms with Crippen molar-refractivity contribution in [3.63, 3.8) is 0 Å². The molecule has 0 aliphatic carbocycles. The molecule has 1 heterocycles. The standard InChI is InChI=1S/C33H33N5O2.2H2/c1-22-18-23(13-17-32(22)40-5)12-16-30-29-15-14-28(21-31(29)36-35-30)38(4)27-11-7-9-25(20-27)34-33(39)24-8-6-10-26(19-24)37(2)3;;/h6-21H,1-5H3,(H,34,39)(H,35,36);2*1H/b16-12+;;. The van der Waals surface area contributed by atoms with Gasteiger partial charge in [0.15, 0.2) is 0 Å². The van der Waals surface area contributed by atoms with E-state index in [1.165, 1.54) is 0 Å². The summed E-state index contributed by atoms with van der Waals surface area (Å²) in [6, 6.07) is 27.7. The number of ether oxygens (including phenoxy) is 1. The highest BCUT2D eigenvalue weighted by Crippen LogP contribution is 2.30. The Bertz CT molecular complexity index is 1710. The predicted octanol–water partition coefficient (Wildman–Crippen LogP) is 7.63. The highest BCUT2D eigenvalue weighted by molar-refractivity contribution is 6.05. The normalized spacial score (nSPS) is 11.1. The minimum atomic E-state index is -0.146. The summed E-state index contributed by atoms with van der Waals surface area (Å²) in [7, 11) is 7.60. The van der Waals surface area contributed by atoms with Crippen LogP contribution in [0.1, 0.15) is 30.0 Å². The molecule has 7 nitrogen and oxygen atoms in total. The number of benzene rings is 4. The number of carbonyl (C=O) groups is 1. The van der Waals surface area contributed by atoms with E-state index < -0.39 is 0 Å². The third-order valence-corrected chi connectivity index (χ3v) is 6.93. The molecule has 0 aliphatic rings. The van der Waals surface area contributed by atoms with Gasteiger partial charge in [-0.3, -0.25) is 9.89 Å². The number of nitrogens with one attached hydrogen (secondary N) is 2. The largest absolute Gasteiger partial charge is 0.496 e. The summed E-state index contributed by atoms with van der Waals surface area (Å²) < 4.78 is 5.36. The summed E-state index contributed by atoms with van der Waals surface area (Å²) in [5, 5.41) is 11.8. The zero-order valence-corrected chi connectivity index (χ0v) is 23.4. The number of aryl methyl sites for hydroxylation is 1. The SMILES string of the molecule is COc1ccc(/C=C/c2n[nH]c3cc(N(C)c4cccc(NC(=O)c5cccc(N(C)C)c5)c4)ccc23)cc1C.[HH].[HH]. The van der Waals surface area contributed by atoms with E-state index in [2.05, 4.69) is 50.8 Å². The molecule has 0 radical (unpaired) electrons. The zero-order chi connectivity index (χ0) is 28.2. The molecule has 0 aliphatic heterocycles. The van der Waals surface area contributed by atoms with Gasteiger partial charge in [-0.05, 0) is 90.9 Å². The van der Waals surface area contributed by atoms with Crippen LogP contribution in [0.5, 0.6) is 5.75 Å². The summed E-state index contributed by atoms with van der Waals surface area (Å²) >= 11 is 0. The Morgan fingerprint density at radius 3 is 2.45 bits per heavy atom. The van der Waals surface area contributed by atoms with E-state index in [-0.39, 0.29) is 8.76 Å². The van der Waals surface area contributed by atoms with Gasteiger partial charge < -0.3 is 19.9 Å². The molecule has 5 rings (SSSR count). The van der Waals surface area contributed by atoms with Crippen LogP contribution in [0.4, 0.5) is 22.7 Å². The average molecular weight is 536 g/mol. The topological polar surface area (TPSA) is 73.5 Å². The van der Waals surface area contributed by atoms with Crippen molar-refractivity contribution >= 4 is 51.7 Å². The lowest BCUT2D eigenvalue weighted by molar-refractivity contribution is 0.102. The van der Waals surface area contributed by atoms with Gasteiger partial charge in [-0.1, -0.05) is 24.3 Å². The van der Waals surface area contributed by atoms with Crippen molar-refractivity contribution < 1.29 is 12.4 Å². The fraction of sp³-hybridized carbons (Fsp3) is 0.152. The van der Waals surface area contributed by atoms with Gasteiger partial charge in [0.1, 0.15) is 5.75 Å². The number of methoxy groups -OCH3 is 1. The van der Waals surface area contributed by atoms with E-state index in [9.17, 15) is 4.79 Å². The minimum absolute atomic E-state index is 0. The van der Waals surface area contributed by atoms with Crippen LogP contribution in [0.15, 0.2) is 84.9 Å². The number of amides is 1. The Labute approximate surface area is 237 Å². The van der Waals surface area contributed by atoms with Gasteiger partial charge >= 0.3 is 0 Å². The van der Waals surface area contributed by atoms with Crippen molar-refractivity contribution in [1.29, 1.82) is 0 Å². The lowest BCUT2D eigenvalue weighted by atomic mass is 10.1. The molecule has 0 bridgehead atoms. The molecule has 206 valence electrons. The van der Waals surface area contributed by atoms with Crippen molar-refractivity contribution in [3.05, 3.63) is 107 Å². The van der Waals surface area contributed by atoms with Crippen molar-refractivity contribution in [1.82, 2.24) is 10.2 Å². The highest BCUT2D eigenvalue weighted by atomic mass is 16.5. The molecular formula is C33H37N5O2. The first-order valence-corrected chi connectivity index (χ1v) is 13.1. The average Bonchev–Trinajstić information content (AvgIpc) is 3.38. The number of carbonyl (C=O) groups excluding carboxylic acids is 1. The summed E-state index contributed by atoms with van der Waals surface area (Å²) in [5.41, 5.74) is 8.27. The summed E-state index contributed by atoms with van der Waals surface area (Å²) in [5.74, 6) is 0.731. The Balaban J connectivity index is 0.00000242. The Kier molecular flexibility index (Phi) is 7.55. The lowest BCUT2D eigenvalue weighted by Crippen LogP contribution is -2.15. The maximum atomic E-state index is 12.9. The molecule has 0 unspecified atom stereocenters. The number of nitrogens with zero attached hydrogens (tertiary/aromatic N) is 3. The molecule has 0 saturated heterocycles. The second-order valence-corrected chi connectivity index (χ2v) is 9.91. The number of hydrogen-bond donors (Lipinski definition) is 2. The molecule has 40 heavy (non-hydrogen) atoms. The molecule has 1 amide bonds. The van der Waals surface area contributed by atoms with Crippen LogP contribution in [-0.4, -0.2) is 44.4 Å². The van der Waals surface area contributed by atoms with Crippen LogP contribution in [0.2, 0.25) is 0 Å². The molecule has 4 aromatic carbocycles. The Hall–Kier alpha value is -5.04. The van der Waals surface area contributed by atoms with E-state index in [0.717, 1.165) is 56.2 Å². The van der Waals surface area contributed by atoms with Crippen LogP contribution >= 0.6 is 0 Å². The first kappa shape index (κ1) is 26.6. The van der Waals surface area contributed by atoms with Gasteiger partial charge in [-0.15, -0.1) is 0 Å². The predicted molar refractivity (Wildman–Crippen MR) is 170 cm³/mol. The van der Waals surface area contributed by atoms with Gasteiger partial charge in [0.25, 0.3) is 5.91 Å². The smallest absolute Gasteiger partial charge is 0.255 e. The number of rotatable bonds is 8. The number of aromatic amines is 1. The summed E-state index contributed by atoms with van der Waals surface area (Å²) in [4.78, 5) is 17.0. The van der Waals surface area contributed by atoms with Crippen molar-refractivity contribution in [2.45, 2.75) is 6.92 Å². The fourth-order valence-corrected chi connectivity index (χ4v) is 4.61. The third-order valence-electron chi connectivity index (χ3n) is 6.93. The van der Waals surface area contributed by atoms with Gasteiger partial charge in [-0.2, -0.15) is 5.10 Å². The molecule has 0 fully saturated rings. The van der Waals surface area contributed by atoms with E-state index in [1.807, 2.05) is 99.7 Å². The molecule has 0 atom stereocenters. The van der Waals surface area contributed by atoms with E-state index in [1.54, 1.807) is 7.11 Å². The number of aromatic nitrogens is 2. The number of hydrogen-bond acceptors (Lipinski definition) is 5. The Morgan fingerprint density at radius 2 is 1.68 bits per heavy atom. The van der Waals surface area contributed by atoms with Gasteiger partial charge in [0.05, 0.1) is 18.3 Å². The lowest BCUT2D eigenvalue weighted by Gasteiger charge is -2.20. The van der Waals surface area contributed by atoms with Crippen LogP contribution in [0.25, 0.3) is 23.1 Å². The number of H-pyrrole nitrogens is 1. The van der Waals surface area contributed by atoms with Crippen LogP contribution < -0.4 is 19.9 Å². The van der Waals surface area contributed by atoms with Crippen molar-refractivity contribution in [2.24, 2.45) is 0 Å². The molecule has 5 aromatic rings. The second-order valence-electron chi connectivity index (χ2n) is 9.91. The molecule has 1 aromatic heterocycles. The van der Waals surface area contributed by atoms with Crippen LogP contribution in [0, 0.1) is 6.92 Å². The molecule has 0 spiro atoms. The molecular weight excluding hydrogens is 498 g/mol. The summed E-state index contributed by atoms with van der Waals surface area (Å²) in [6.45, 7) is 2.03. The van der Waals surface area contributed by atoms with Crippen LogP contribution in [0.3, 0.4) is 0 Å². The highest BCUT2D eigenvalue weighted by Gasteiger charge is 2.11. The van der Waals surface area contributed by atoms with Gasteiger partial charge in [-0.25, -0.2) is 0 Å². The number of fused-ring (bicyclic) bond motifs is 1.